The lowest BCUT2D eigenvalue weighted by atomic mass is 9.99. The van der Waals surface area contributed by atoms with Crippen molar-refractivity contribution in [2.24, 2.45) is 11.7 Å². The molecule has 1 fully saturated rings. The normalized spacial score (nSPS) is 28.4. The molecule has 3 nitrogen and oxygen atoms in total. The summed E-state index contributed by atoms with van der Waals surface area (Å²) in [6.45, 7) is 0. The van der Waals surface area contributed by atoms with Crippen molar-refractivity contribution < 1.29 is 9.18 Å². The number of benzene rings is 1. The predicted molar refractivity (Wildman–Crippen MR) is 75.5 cm³/mol. The zero-order chi connectivity index (χ0) is 14.1. The Bertz CT molecular complexity index is 517. The summed E-state index contributed by atoms with van der Waals surface area (Å²) < 4.78 is 13.7. The fraction of sp³-hybridized carbons (Fsp3) is 0.562. The molecular weight excluding hydrogens is 255 g/mol. The third-order valence-corrected chi connectivity index (χ3v) is 4.71. The van der Waals surface area contributed by atoms with E-state index in [1.807, 2.05) is 6.07 Å². The number of amides is 1. The van der Waals surface area contributed by atoms with Crippen LogP contribution in [-0.2, 0) is 11.2 Å². The highest BCUT2D eigenvalue weighted by molar-refractivity contribution is 5.77. The van der Waals surface area contributed by atoms with Gasteiger partial charge in [0.2, 0.25) is 5.91 Å². The van der Waals surface area contributed by atoms with Crippen LogP contribution in [-0.4, -0.2) is 11.9 Å². The van der Waals surface area contributed by atoms with Gasteiger partial charge in [0.15, 0.2) is 0 Å². The molecule has 1 aromatic carbocycles. The summed E-state index contributed by atoms with van der Waals surface area (Å²) in [5.74, 6) is 0.204. The Labute approximate surface area is 118 Å². The van der Waals surface area contributed by atoms with Crippen molar-refractivity contribution in [3.05, 3.63) is 35.1 Å². The van der Waals surface area contributed by atoms with Gasteiger partial charge < -0.3 is 11.1 Å². The second-order valence-corrected chi connectivity index (χ2v) is 6.03. The van der Waals surface area contributed by atoms with E-state index in [0.717, 1.165) is 36.8 Å². The Kier molecular flexibility index (Phi) is 3.74. The molecule has 0 bridgehead atoms. The van der Waals surface area contributed by atoms with Crippen molar-refractivity contribution in [2.45, 2.75) is 50.6 Å². The first kappa shape index (κ1) is 13.6. The van der Waals surface area contributed by atoms with Gasteiger partial charge in [0.25, 0.3) is 0 Å². The van der Waals surface area contributed by atoms with Gasteiger partial charge in [-0.3, -0.25) is 4.79 Å². The Balaban J connectivity index is 1.62. The van der Waals surface area contributed by atoms with E-state index in [2.05, 4.69) is 5.32 Å². The largest absolute Gasteiger partial charge is 0.349 e. The summed E-state index contributed by atoms with van der Waals surface area (Å²) in [5, 5.41) is 3.05. The van der Waals surface area contributed by atoms with Crippen molar-refractivity contribution in [3.63, 3.8) is 0 Å². The van der Waals surface area contributed by atoms with Gasteiger partial charge in [-0.2, -0.15) is 0 Å². The summed E-state index contributed by atoms with van der Waals surface area (Å²) in [5.41, 5.74) is 7.70. The number of carbonyl (C=O) groups excluding carboxylic acids is 1. The smallest absolute Gasteiger partial charge is 0.220 e. The molecule has 3 rings (SSSR count). The van der Waals surface area contributed by atoms with E-state index in [9.17, 15) is 9.18 Å². The highest BCUT2D eigenvalue weighted by Gasteiger charge is 2.29. The van der Waals surface area contributed by atoms with Gasteiger partial charge in [0.05, 0.1) is 6.04 Å². The van der Waals surface area contributed by atoms with Gasteiger partial charge in [-0.1, -0.05) is 18.6 Å². The molecule has 2 aliphatic rings. The van der Waals surface area contributed by atoms with Crippen LogP contribution in [0.5, 0.6) is 0 Å². The summed E-state index contributed by atoms with van der Waals surface area (Å²) in [6, 6.07) is 5.24. The number of nitrogens with two attached hydrogens (primary N) is 1. The van der Waals surface area contributed by atoms with Crippen LogP contribution in [0.1, 0.15) is 49.3 Å². The van der Waals surface area contributed by atoms with Crippen LogP contribution in [0.15, 0.2) is 18.2 Å². The lowest BCUT2D eigenvalue weighted by Gasteiger charge is -2.18. The maximum absolute atomic E-state index is 13.7. The highest BCUT2D eigenvalue weighted by Crippen LogP contribution is 2.33. The Hall–Kier alpha value is -1.42. The van der Waals surface area contributed by atoms with Gasteiger partial charge in [-0.05, 0) is 48.8 Å². The lowest BCUT2D eigenvalue weighted by molar-refractivity contribution is -0.122. The zero-order valence-electron chi connectivity index (χ0n) is 11.6. The first-order valence-corrected chi connectivity index (χ1v) is 7.47. The van der Waals surface area contributed by atoms with Gasteiger partial charge in [0.1, 0.15) is 5.82 Å². The Morgan fingerprint density at radius 1 is 1.35 bits per heavy atom. The molecule has 1 unspecified atom stereocenters. The van der Waals surface area contributed by atoms with E-state index in [0.29, 0.717) is 18.8 Å². The summed E-state index contributed by atoms with van der Waals surface area (Å²) in [6.07, 6.45) is 5.19. The van der Waals surface area contributed by atoms with Crippen molar-refractivity contribution in [2.75, 3.05) is 0 Å². The first-order valence-electron chi connectivity index (χ1n) is 7.47. The number of hydrogen-bond donors (Lipinski definition) is 2. The summed E-state index contributed by atoms with van der Waals surface area (Å²) in [4.78, 5) is 12.1. The molecule has 0 saturated heterocycles. The molecule has 0 radical (unpaired) electrons. The maximum atomic E-state index is 13.7. The minimum absolute atomic E-state index is 0.0363. The van der Waals surface area contributed by atoms with Crippen molar-refractivity contribution >= 4 is 5.91 Å². The highest BCUT2D eigenvalue weighted by atomic mass is 19.1. The number of carbonyl (C=O) groups is 1. The SMILES string of the molecule is N[C@@H]1CCC[C@H]1CC(=O)NC1CCc2c(F)cccc21. The van der Waals surface area contributed by atoms with Crippen LogP contribution in [0.3, 0.4) is 0 Å². The molecule has 4 heteroatoms. The third-order valence-electron chi connectivity index (χ3n) is 4.71. The monoisotopic (exact) mass is 276 g/mol. The number of fused-ring (bicyclic) bond motifs is 1. The average Bonchev–Trinajstić information content (AvgIpc) is 2.99. The standard InChI is InChI=1S/C16H21FN2O/c17-13-5-2-4-12-11(13)7-8-15(12)19-16(20)9-10-3-1-6-14(10)18/h2,4-5,10,14-15H,1,3,6-9,18H2,(H,19,20)/t10-,14+,15?/m0/s1. The van der Waals surface area contributed by atoms with E-state index < -0.39 is 0 Å². The lowest BCUT2D eigenvalue weighted by Crippen LogP contribution is -2.33. The molecule has 2 aliphatic carbocycles. The van der Waals surface area contributed by atoms with Crippen LogP contribution >= 0.6 is 0 Å². The molecule has 1 aromatic rings. The van der Waals surface area contributed by atoms with Crippen molar-refractivity contribution in [1.82, 2.24) is 5.32 Å². The van der Waals surface area contributed by atoms with Gasteiger partial charge in [0, 0.05) is 12.5 Å². The van der Waals surface area contributed by atoms with Crippen LogP contribution in [0.25, 0.3) is 0 Å². The number of hydrogen-bond acceptors (Lipinski definition) is 2. The van der Waals surface area contributed by atoms with E-state index in [1.165, 1.54) is 6.07 Å². The second-order valence-electron chi connectivity index (χ2n) is 6.03. The number of halogens is 1. The van der Waals surface area contributed by atoms with Crippen LogP contribution in [0.2, 0.25) is 0 Å². The fourth-order valence-electron chi connectivity index (χ4n) is 3.57. The molecule has 0 spiro atoms. The van der Waals surface area contributed by atoms with Crippen molar-refractivity contribution in [3.8, 4) is 0 Å². The third kappa shape index (κ3) is 2.57. The summed E-state index contributed by atoms with van der Waals surface area (Å²) >= 11 is 0. The van der Waals surface area contributed by atoms with E-state index in [4.69, 9.17) is 5.73 Å². The van der Waals surface area contributed by atoms with Crippen molar-refractivity contribution in [1.29, 1.82) is 0 Å². The molecule has 0 aliphatic heterocycles. The zero-order valence-corrected chi connectivity index (χ0v) is 11.6. The number of rotatable bonds is 3. The molecule has 3 N–H and O–H groups in total. The topological polar surface area (TPSA) is 55.1 Å². The van der Waals surface area contributed by atoms with Crippen LogP contribution in [0.4, 0.5) is 4.39 Å². The second kappa shape index (κ2) is 5.52. The first-order chi connectivity index (χ1) is 9.65. The fourth-order valence-corrected chi connectivity index (χ4v) is 3.57. The summed E-state index contributed by atoms with van der Waals surface area (Å²) in [7, 11) is 0. The average molecular weight is 276 g/mol. The predicted octanol–water partition coefficient (Wildman–Crippen LogP) is 2.45. The Morgan fingerprint density at radius 2 is 2.20 bits per heavy atom. The Morgan fingerprint density at radius 3 is 2.95 bits per heavy atom. The van der Waals surface area contributed by atoms with Gasteiger partial charge in [-0.15, -0.1) is 0 Å². The molecule has 3 atom stereocenters. The van der Waals surface area contributed by atoms with Crippen LogP contribution < -0.4 is 11.1 Å². The minimum atomic E-state index is -0.155. The van der Waals surface area contributed by atoms with Crippen LogP contribution in [0, 0.1) is 11.7 Å². The molecule has 1 amide bonds. The maximum Gasteiger partial charge on any atom is 0.220 e. The molecule has 108 valence electrons. The quantitative estimate of drug-likeness (QED) is 0.891. The van der Waals surface area contributed by atoms with E-state index in [-0.39, 0.29) is 23.8 Å². The van der Waals surface area contributed by atoms with Gasteiger partial charge in [-0.25, -0.2) is 4.39 Å². The molecule has 0 aromatic heterocycles. The van der Waals surface area contributed by atoms with Gasteiger partial charge >= 0.3 is 0 Å². The molecule has 20 heavy (non-hydrogen) atoms. The molecular formula is C16H21FN2O. The minimum Gasteiger partial charge on any atom is -0.349 e. The molecule has 0 heterocycles. The molecule has 1 saturated carbocycles. The number of nitrogens with one attached hydrogen (secondary N) is 1. The van der Waals surface area contributed by atoms with E-state index in [1.54, 1.807) is 6.07 Å². The van der Waals surface area contributed by atoms with E-state index >= 15 is 0 Å².